The Morgan fingerprint density at radius 2 is 1.50 bits per heavy atom. The lowest BCUT2D eigenvalue weighted by Crippen LogP contribution is -1.97. The number of aryl methyl sites for hydroxylation is 2. The van der Waals surface area contributed by atoms with Crippen LogP contribution in [0.5, 0.6) is 0 Å². The Morgan fingerprint density at radius 3 is 2.12 bits per heavy atom. The summed E-state index contributed by atoms with van der Waals surface area (Å²) >= 11 is 3.75. The van der Waals surface area contributed by atoms with Crippen LogP contribution < -0.4 is 0 Å². The van der Waals surface area contributed by atoms with Gasteiger partial charge in [0, 0.05) is 20.2 Å². The van der Waals surface area contributed by atoms with Crippen LogP contribution in [-0.2, 0) is 12.8 Å². The first-order valence-corrected chi connectivity index (χ1v) is 11.9. The van der Waals surface area contributed by atoms with Gasteiger partial charge >= 0.3 is 0 Å². The fourth-order valence-electron chi connectivity index (χ4n) is 3.90. The molecule has 0 nitrogen and oxygen atoms in total. The molecule has 3 aromatic rings. The zero-order valence-corrected chi connectivity index (χ0v) is 17.8. The van der Waals surface area contributed by atoms with E-state index in [2.05, 4.69) is 37.3 Å². The summed E-state index contributed by atoms with van der Waals surface area (Å²) in [7, 11) is 0. The highest BCUT2D eigenvalue weighted by atomic mass is 32.1. The van der Waals surface area contributed by atoms with Gasteiger partial charge in [0.1, 0.15) is 0 Å². The summed E-state index contributed by atoms with van der Waals surface area (Å²) in [5, 5.41) is 5.07. The zero-order chi connectivity index (χ0) is 18.4. The molecule has 0 atom stereocenters. The van der Waals surface area contributed by atoms with E-state index in [0.717, 1.165) is 4.88 Å². The van der Waals surface area contributed by atoms with Crippen molar-refractivity contribution in [2.75, 3.05) is 0 Å². The number of fused-ring (bicyclic) bond motifs is 3. The lowest BCUT2D eigenvalue weighted by atomic mass is 9.93. The molecular weight excluding hydrogens is 352 g/mol. The van der Waals surface area contributed by atoms with Gasteiger partial charge in [-0.3, -0.25) is 0 Å². The average Bonchev–Trinajstić information content (AvgIpc) is 3.29. The van der Waals surface area contributed by atoms with Gasteiger partial charge in [-0.05, 0) is 54.3 Å². The summed E-state index contributed by atoms with van der Waals surface area (Å²) in [6.07, 6.45) is 18.7. The molecule has 0 aliphatic carbocycles. The lowest BCUT2D eigenvalue weighted by molar-refractivity contribution is 0.654. The van der Waals surface area contributed by atoms with Crippen LogP contribution in [0.4, 0.5) is 0 Å². The number of unbranched alkanes of at least 4 members (excludes halogenated alkanes) is 6. The van der Waals surface area contributed by atoms with E-state index < -0.39 is 0 Å². The summed E-state index contributed by atoms with van der Waals surface area (Å²) in [6, 6.07) is 4.54. The molecular formula is C24H30S2. The number of benzene rings is 1. The second kappa shape index (κ2) is 9.58. The van der Waals surface area contributed by atoms with Gasteiger partial charge < -0.3 is 0 Å². The summed E-state index contributed by atoms with van der Waals surface area (Å²) in [4.78, 5) is 1.07. The molecule has 0 saturated heterocycles. The second-order valence-electron chi connectivity index (χ2n) is 7.24. The van der Waals surface area contributed by atoms with Crippen molar-refractivity contribution in [1.29, 1.82) is 0 Å². The molecule has 26 heavy (non-hydrogen) atoms. The molecule has 0 saturated carbocycles. The number of thiophene rings is 2. The Morgan fingerprint density at radius 1 is 0.846 bits per heavy atom. The molecule has 2 heterocycles. The van der Waals surface area contributed by atoms with E-state index in [4.69, 9.17) is 6.42 Å². The molecule has 2 aromatic heterocycles. The van der Waals surface area contributed by atoms with Crippen molar-refractivity contribution in [3.05, 3.63) is 33.5 Å². The molecule has 1 aromatic carbocycles. The smallest absolute Gasteiger partial charge is 0.0778 e. The van der Waals surface area contributed by atoms with Crippen molar-refractivity contribution in [3.8, 4) is 12.3 Å². The number of terminal acetylenes is 1. The molecule has 0 aliphatic heterocycles. The standard InChI is InChI=1S/C24H30S2/c1-4-7-9-11-13-19-20(14-12-10-8-5-2)24-22(17-18(6-3)26-24)21-15-16-25-23(19)21/h3,15-17H,4-5,7-14H2,1-2H3. The largest absolute Gasteiger partial charge is 0.143 e. The molecule has 2 heteroatoms. The Balaban J connectivity index is 2.03. The zero-order valence-electron chi connectivity index (χ0n) is 16.2. The summed E-state index contributed by atoms with van der Waals surface area (Å²) in [6.45, 7) is 4.57. The van der Waals surface area contributed by atoms with Crippen LogP contribution in [0.2, 0.25) is 0 Å². The molecule has 0 aliphatic rings. The monoisotopic (exact) mass is 382 g/mol. The predicted molar refractivity (Wildman–Crippen MR) is 121 cm³/mol. The van der Waals surface area contributed by atoms with Gasteiger partial charge in [0.2, 0.25) is 0 Å². The third-order valence-corrected chi connectivity index (χ3v) is 7.40. The molecule has 0 radical (unpaired) electrons. The molecule has 138 valence electrons. The van der Waals surface area contributed by atoms with E-state index in [1.165, 1.54) is 84.4 Å². The summed E-state index contributed by atoms with van der Waals surface area (Å²) in [5.74, 6) is 2.88. The Kier molecular flexibility index (Phi) is 7.17. The van der Waals surface area contributed by atoms with Gasteiger partial charge in [0.25, 0.3) is 0 Å². The quantitative estimate of drug-likeness (QED) is 0.244. The summed E-state index contributed by atoms with van der Waals surface area (Å²) in [5.41, 5.74) is 3.23. The van der Waals surface area contributed by atoms with E-state index in [-0.39, 0.29) is 0 Å². The molecule has 3 rings (SSSR count). The van der Waals surface area contributed by atoms with Crippen LogP contribution in [0.3, 0.4) is 0 Å². The Hall–Kier alpha value is -1.30. The molecule has 0 N–H and O–H groups in total. The fourth-order valence-corrected chi connectivity index (χ4v) is 6.00. The van der Waals surface area contributed by atoms with E-state index >= 15 is 0 Å². The van der Waals surface area contributed by atoms with Crippen LogP contribution in [0.1, 0.15) is 81.2 Å². The minimum absolute atomic E-state index is 1.07. The van der Waals surface area contributed by atoms with Gasteiger partial charge in [-0.1, -0.05) is 58.3 Å². The van der Waals surface area contributed by atoms with Crippen molar-refractivity contribution in [3.63, 3.8) is 0 Å². The van der Waals surface area contributed by atoms with Crippen molar-refractivity contribution >= 4 is 42.8 Å². The first-order valence-electron chi connectivity index (χ1n) is 10.2. The van der Waals surface area contributed by atoms with Gasteiger partial charge in [0.15, 0.2) is 0 Å². The van der Waals surface area contributed by atoms with Crippen LogP contribution in [0.25, 0.3) is 20.2 Å². The fraction of sp³-hybridized carbons (Fsp3) is 0.500. The highest BCUT2D eigenvalue weighted by molar-refractivity contribution is 7.21. The van der Waals surface area contributed by atoms with Gasteiger partial charge in [0.05, 0.1) is 4.88 Å². The minimum Gasteiger partial charge on any atom is -0.143 e. The van der Waals surface area contributed by atoms with E-state index in [9.17, 15) is 0 Å². The van der Waals surface area contributed by atoms with Crippen LogP contribution in [0.15, 0.2) is 17.5 Å². The van der Waals surface area contributed by atoms with E-state index in [0.29, 0.717) is 0 Å². The number of hydrogen-bond acceptors (Lipinski definition) is 2. The van der Waals surface area contributed by atoms with Crippen LogP contribution in [-0.4, -0.2) is 0 Å². The highest BCUT2D eigenvalue weighted by Gasteiger charge is 2.17. The summed E-state index contributed by atoms with van der Waals surface area (Å²) < 4.78 is 2.98. The lowest BCUT2D eigenvalue weighted by Gasteiger charge is -2.13. The van der Waals surface area contributed by atoms with Crippen molar-refractivity contribution in [1.82, 2.24) is 0 Å². The third-order valence-electron chi connectivity index (χ3n) is 5.30. The van der Waals surface area contributed by atoms with Gasteiger partial charge in [-0.15, -0.1) is 29.1 Å². The topological polar surface area (TPSA) is 0 Å². The maximum absolute atomic E-state index is 5.74. The maximum atomic E-state index is 5.74. The molecule has 0 fully saturated rings. The first-order chi connectivity index (χ1) is 12.8. The van der Waals surface area contributed by atoms with Crippen LogP contribution >= 0.6 is 22.7 Å². The van der Waals surface area contributed by atoms with Crippen molar-refractivity contribution in [2.45, 2.75) is 78.1 Å². The third kappa shape index (κ3) is 4.16. The number of hydrogen-bond donors (Lipinski definition) is 0. The van der Waals surface area contributed by atoms with Crippen molar-refractivity contribution in [2.24, 2.45) is 0 Å². The van der Waals surface area contributed by atoms with Gasteiger partial charge in [-0.2, -0.15) is 0 Å². The van der Waals surface area contributed by atoms with Crippen LogP contribution in [0, 0.1) is 12.3 Å². The minimum atomic E-state index is 1.07. The average molecular weight is 383 g/mol. The molecule has 0 unspecified atom stereocenters. The molecule has 0 bridgehead atoms. The maximum Gasteiger partial charge on any atom is 0.0778 e. The van der Waals surface area contributed by atoms with E-state index in [1.807, 2.05) is 22.7 Å². The first kappa shape index (κ1) is 19.5. The SMILES string of the molecule is C#Cc1cc2c(s1)c(CCCCCC)c(CCCCCC)c1sccc12. The Bertz CT molecular complexity index is 888. The molecule has 0 amide bonds. The Labute approximate surface area is 166 Å². The van der Waals surface area contributed by atoms with Crippen molar-refractivity contribution < 1.29 is 0 Å². The number of rotatable bonds is 10. The highest BCUT2D eigenvalue weighted by Crippen LogP contribution is 2.41. The normalized spacial score (nSPS) is 11.4. The predicted octanol–water partition coefficient (Wildman–Crippen LogP) is 8.34. The molecule has 0 spiro atoms. The van der Waals surface area contributed by atoms with E-state index in [1.54, 1.807) is 11.1 Å². The second-order valence-corrected chi connectivity index (χ2v) is 9.21. The van der Waals surface area contributed by atoms with Gasteiger partial charge in [-0.25, -0.2) is 0 Å².